The van der Waals surface area contributed by atoms with E-state index >= 15 is 0 Å². The quantitative estimate of drug-likeness (QED) is 0.303. The van der Waals surface area contributed by atoms with Gasteiger partial charge in [0.2, 0.25) is 0 Å². The van der Waals surface area contributed by atoms with Gasteiger partial charge in [0.15, 0.2) is 0 Å². The van der Waals surface area contributed by atoms with Gasteiger partial charge in [0, 0.05) is 16.3 Å². The number of nitrogens with zero attached hydrogens (tertiary/aromatic N) is 1. The van der Waals surface area contributed by atoms with E-state index in [4.69, 9.17) is 11.5 Å². The highest BCUT2D eigenvalue weighted by Crippen LogP contribution is 2.15. The highest BCUT2D eigenvalue weighted by molar-refractivity contribution is 7.80. The Bertz CT molecular complexity index is 809. The number of benzene rings is 3. The summed E-state index contributed by atoms with van der Waals surface area (Å²) in [6.07, 6.45) is 0. The van der Waals surface area contributed by atoms with Gasteiger partial charge in [-0.05, 0) is 36.4 Å². The molecule has 1 heterocycles. The zero-order chi connectivity index (χ0) is 17.2. The summed E-state index contributed by atoms with van der Waals surface area (Å²) in [6, 6.07) is 25.1. The minimum atomic E-state index is 0.732. The van der Waals surface area contributed by atoms with Crippen molar-refractivity contribution in [3.8, 4) is 0 Å². The van der Waals surface area contributed by atoms with E-state index in [1.165, 1.54) is 4.70 Å². The Labute approximate surface area is 151 Å². The van der Waals surface area contributed by atoms with Crippen LogP contribution in [0.3, 0.4) is 0 Å². The molecule has 0 saturated heterocycles. The van der Waals surface area contributed by atoms with E-state index in [0.29, 0.717) is 0 Å². The maximum Gasteiger partial charge on any atom is 0.0812 e. The van der Waals surface area contributed by atoms with Crippen molar-refractivity contribution in [2.75, 3.05) is 11.5 Å². The number of rotatable bonds is 0. The van der Waals surface area contributed by atoms with E-state index in [0.717, 1.165) is 21.8 Å². The summed E-state index contributed by atoms with van der Waals surface area (Å²) in [5, 5.41) is 0. The van der Waals surface area contributed by atoms with Crippen molar-refractivity contribution in [3.05, 3.63) is 84.4 Å². The van der Waals surface area contributed by atoms with Crippen LogP contribution in [-0.4, -0.2) is 4.98 Å². The molecule has 4 rings (SSSR count). The van der Waals surface area contributed by atoms with Crippen molar-refractivity contribution in [2.24, 2.45) is 0 Å². The van der Waals surface area contributed by atoms with Gasteiger partial charge in [0.25, 0.3) is 0 Å². The predicted octanol–water partition coefficient (Wildman–Crippen LogP) is 5.12. The molecule has 4 aromatic rings. The first-order chi connectivity index (χ1) is 11.7. The Morgan fingerprint density at radius 1 is 0.750 bits per heavy atom. The number of hydrogen-bond donors (Lipinski definition) is 3. The fourth-order valence-electron chi connectivity index (χ4n) is 1.74. The number of thiol groups is 1. The van der Waals surface area contributed by atoms with Gasteiger partial charge < -0.3 is 11.5 Å². The number of aromatic nitrogens is 1. The van der Waals surface area contributed by atoms with E-state index in [9.17, 15) is 0 Å². The first-order valence-electron chi connectivity index (χ1n) is 7.29. The van der Waals surface area contributed by atoms with Crippen LogP contribution in [0.4, 0.5) is 11.4 Å². The van der Waals surface area contributed by atoms with Crippen LogP contribution >= 0.6 is 24.0 Å². The summed E-state index contributed by atoms with van der Waals surface area (Å²) in [4.78, 5) is 4.98. The number of para-hydroxylation sites is 3. The molecule has 0 fully saturated rings. The molecule has 0 aliphatic carbocycles. The standard InChI is InChI=1S/C7H5NS.C6H7NS.C6H7N/c1-2-4-7-6(3-1)8-5-9-7;7-5-3-1-2-4-6(5)8;7-6-4-2-1-3-5-6/h1-5H;1-4,8H,7H2;1-5H,7H2. The second-order valence-corrected chi connectivity index (χ2v) is 6.16. The Kier molecular flexibility index (Phi) is 7.14. The van der Waals surface area contributed by atoms with E-state index in [1.807, 2.05) is 78.3 Å². The molecule has 122 valence electrons. The van der Waals surface area contributed by atoms with Crippen molar-refractivity contribution in [1.29, 1.82) is 0 Å². The van der Waals surface area contributed by atoms with E-state index in [2.05, 4.69) is 23.7 Å². The first-order valence-corrected chi connectivity index (χ1v) is 8.61. The van der Waals surface area contributed by atoms with Crippen LogP contribution in [0.25, 0.3) is 10.2 Å². The largest absolute Gasteiger partial charge is 0.399 e. The Balaban J connectivity index is 0.000000132. The summed E-state index contributed by atoms with van der Waals surface area (Å²) >= 11 is 5.75. The van der Waals surface area contributed by atoms with Gasteiger partial charge in [-0.2, -0.15) is 0 Å². The monoisotopic (exact) mass is 353 g/mol. The average Bonchev–Trinajstić information content (AvgIpc) is 3.08. The maximum absolute atomic E-state index is 5.44. The normalized spacial score (nSPS) is 9.38. The van der Waals surface area contributed by atoms with Crippen molar-refractivity contribution >= 4 is 45.6 Å². The molecule has 5 heteroatoms. The molecule has 0 atom stereocenters. The van der Waals surface area contributed by atoms with E-state index in [-0.39, 0.29) is 0 Å². The van der Waals surface area contributed by atoms with Crippen molar-refractivity contribution in [1.82, 2.24) is 4.98 Å². The molecule has 0 amide bonds. The van der Waals surface area contributed by atoms with Gasteiger partial charge in [-0.25, -0.2) is 4.98 Å². The summed E-state index contributed by atoms with van der Waals surface area (Å²) < 4.78 is 1.26. The molecule has 3 aromatic carbocycles. The molecule has 0 unspecified atom stereocenters. The lowest BCUT2D eigenvalue weighted by Gasteiger charge is -1.92. The summed E-state index contributed by atoms with van der Waals surface area (Å²) in [7, 11) is 0. The molecule has 1 aromatic heterocycles. The lowest BCUT2D eigenvalue weighted by atomic mass is 10.3. The number of nitrogen functional groups attached to an aromatic ring is 2. The Hall–Kier alpha value is -2.50. The van der Waals surface area contributed by atoms with Crippen LogP contribution in [0, 0.1) is 0 Å². The topological polar surface area (TPSA) is 64.9 Å². The summed E-state index contributed by atoms with van der Waals surface area (Å²) in [6.45, 7) is 0. The average molecular weight is 354 g/mol. The fraction of sp³-hybridized carbons (Fsp3) is 0. The molecular formula is C19H19N3S2. The molecule has 0 spiro atoms. The van der Waals surface area contributed by atoms with Gasteiger partial charge >= 0.3 is 0 Å². The number of thiazole rings is 1. The van der Waals surface area contributed by atoms with E-state index in [1.54, 1.807) is 11.3 Å². The maximum atomic E-state index is 5.44. The molecule has 24 heavy (non-hydrogen) atoms. The Morgan fingerprint density at radius 3 is 1.92 bits per heavy atom. The van der Waals surface area contributed by atoms with Gasteiger partial charge in [0.05, 0.1) is 15.7 Å². The van der Waals surface area contributed by atoms with Crippen molar-refractivity contribution in [2.45, 2.75) is 4.90 Å². The number of hydrogen-bond acceptors (Lipinski definition) is 5. The fourth-order valence-corrected chi connectivity index (χ4v) is 2.58. The number of anilines is 2. The van der Waals surface area contributed by atoms with Crippen molar-refractivity contribution < 1.29 is 0 Å². The van der Waals surface area contributed by atoms with Gasteiger partial charge in [-0.15, -0.1) is 24.0 Å². The minimum absolute atomic E-state index is 0.732. The molecular weight excluding hydrogens is 334 g/mol. The predicted molar refractivity (Wildman–Crippen MR) is 109 cm³/mol. The van der Waals surface area contributed by atoms with Crippen LogP contribution in [0.1, 0.15) is 0 Å². The van der Waals surface area contributed by atoms with Gasteiger partial charge in [0.1, 0.15) is 0 Å². The second-order valence-electron chi connectivity index (χ2n) is 4.79. The van der Waals surface area contributed by atoms with Crippen LogP contribution in [-0.2, 0) is 0 Å². The molecule has 0 radical (unpaired) electrons. The van der Waals surface area contributed by atoms with Crippen molar-refractivity contribution in [3.63, 3.8) is 0 Å². The van der Waals surface area contributed by atoms with Crippen LogP contribution in [0.5, 0.6) is 0 Å². The molecule has 3 nitrogen and oxygen atoms in total. The van der Waals surface area contributed by atoms with Crippen LogP contribution in [0.2, 0.25) is 0 Å². The zero-order valence-electron chi connectivity index (χ0n) is 13.0. The van der Waals surface area contributed by atoms with Gasteiger partial charge in [-0.1, -0.05) is 42.5 Å². The third-order valence-electron chi connectivity index (χ3n) is 2.97. The van der Waals surface area contributed by atoms with Crippen LogP contribution < -0.4 is 11.5 Å². The third-order valence-corrected chi connectivity index (χ3v) is 4.19. The highest BCUT2D eigenvalue weighted by atomic mass is 32.1. The van der Waals surface area contributed by atoms with Gasteiger partial charge in [-0.3, -0.25) is 0 Å². The third kappa shape index (κ3) is 5.95. The summed E-state index contributed by atoms with van der Waals surface area (Å²) in [5.74, 6) is 0. The first kappa shape index (κ1) is 17.8. The zero-order valence-corrected chi connectivity index (χ0v) is 14.8. The van der Waals surface area contributed by atoms with E-state index < -0.39 is 0 Å². The number of nitrogens with two attached hydrogens (primary N) is 2. The number of fused-ring (bicyclic) bond motifs is 1. The molecule has 0 aliphatic rings. The lowest BCUT2D eigenvalue weighted by Crippen LogP contribution is -1.83. The minimum Gasteiger partial charge on any atom is -0.399 e. The molecule has 0 saturated carbocycles. The van der Waals surface area contributed by atoms with Crippen LogP contribution in [0.15, 0.2) is 89.3 Å². The molecule has 0 aliphatic heterocycles. The second kappa shape index (κ2) is 9.60. The smallest absolute Gasteiger partial charge is 0.0812 e. The Morgan fingerprint density at radius 2 is 1.38 bits per heavy atom. The SMILES string of the molecule is Nc1ccccc1.Nc1ccccc1S.c1ccc2scnc2c1. The molecule has 4 N–H and O–H groups in total. The summed E-state index contributed by atoms with van der Waals surface area (Å²) in [5.41, 5.74) is 15.3. The highest BCUT2D eigenvalue weighted by Gasteiger charge is 1.89. The lowest BCUT2D eigenvalue weighted by molar-refractivity contribution is 1.48. The molecule has 0 bridgehead atoms.